The van der Waals surface area contributed by atoms with Crippen molar-refractivity contribution in [2.24, 2.45) is 0 Å². The summed E-state index contributed by atoms with van der Waals surface area (Å²) < 4.78 is 26.0. The second kappa shape index (κ2) is 9.76. The number of amides is 1. The molecule has 0 aliphatic carbocycles. The van der Waals surface area contributed by atoms with E-state index in [1.165, 1.54) is 21.9 Å². The molecule has 10 heteroatoms. The van der Waals surface area contributed by atoms with Crippen LogP contribution in [0.2, 0.25) is 5.02 Å². The number of anilines is 2. The van der Waals surface area contributed by atoms with Crippen LogP contribution in [0.5, 0.6) is 0 Å². The number of hydrogen-bond acceptors (Lipinski definition) is 6. The molecule has 0 aliphatic heterocycles. The number of nitrogens with zero attached hydrogens (tertiary/aromatic N) is 3. The Morgan fingerprint density at radius 3 is 2.52 bits per heavy atom. The Balaban J connectivity index is 1.60. The monoisotopic (exact) mass is 478 g/mol. The van der Waals surface area contributed by atoms with Gasteiger partial charge in [-0.2, -0.15) is 0 Å². The topological polar surface area (TPSA) is 92.3 Å². The number of aromatic nitrogens is 2. The summed E-state index contributed by atoms with van der Waals surface area (Å²) in [4.78, 5) is 12.3. The summed E-state index contributed by atoms with van der Waals surface area (Å²) in [6, 6.07) is 12.9. The Morgan fingerprint density at radius 1 is 1.13 bits per heavy atom. The number of nitrogens with one attached hydrogen (secondary N) is 1. The molecule has 1 aromatic heterocycles. The average molecular weight is 479 g/mol. The van der Waals surface area contributed by atoms with Crippen LogP contribution in [0, 0.1) is 13.8 Å². The summed E-state index contributed by atoms with van der Waals surface area (Å²) in [5, 5.41) is 12.5. The lowest BCUT2D eigenvalue weighted by atomic mass is 10.1. The van der Waals surface area contributed by atoms with E-state index in [4.69, 9.17) is 11.6 Å². The van der Waals surface area contributed by atoms with Crippen LogP contribution in [0.3, 0.4) is 0 Å². The SMILES string of the molecule is Cc1ccc(C)c(N(CCCC(=O)Nc2nnc(-c3ccc(Cl)cc3)s2)S(C)(=O)=O)c1. The molecule has 31 heavy (non-hydrogen) atoms. The number of halogens is 1. The zero-order chi connectivity index (χ0) is 22.6. The second-order valence-electron chi connectivity index (χ2n) is 7.20. The molecular formula is C21H23ClN4O3S2. The molecule has 1 N–H and O–H groups in total. The van der Waals surface area contributed by atoms with Gasteiger partial charge in [0.1, 0.15) is 5.01 Å². The smallest absolute Gasteiger partial charge is 0.232 e. The standard InChI is InChI=1S/C21H23ClN4O3S2/c1-14-6-7-15(2)18(13-14)26(31(3,28)29)12-4-5-19(27)23-21-25-24-20(30-21)16-8-10-17(22)11-9-16/h6-11,13H,4-5,12H2,1-3H3,(H,23,25,27). The summed E-state index contributed by atoms with van der Waals surface area (Å²) in [5.74, 6) is -0.242. The highest BCUT2D eigenvalue weighted by molar-refractivity contribution is 7.92. The molecule has 0 unspecified atom stereocenters. The van der Waals surface area contributed by atoms with E-state index in [2.05, 4.69) is 15.5 Å². The molecule has 0 fully saturated rings. The number of rotatable bonds is 8. The third-order valence-corrected chi connectivity index (χ3v) is 6.88. The normalized spacial score (nSPS) is 11.4. The Kier molecular flexibility index (Phi) is 7.30. The minimum Gasteiger partial charge on any atom is -0.301 e. The fourth-order valence-corrected chi connectivity index (χ4v) is 4.91. The van der Waals surface area contributed by atoms with Crippen molar-refractivity contribution in [1.29, 1.82) is 0 Å². The molecule has 0 atom stereocenters. The van der Waals surface area contributed by atoms with Gasteiger partial charge in [-0.25, -0.2) is 8.42 Å². The second-order valence-corrected chi connectivity index (χ2v) is 10.5. The number of hydrogen-bond donors (Lipinski definition) is 1. The molecule has 1 amide bonds. The zero-order valence-electron chi connectivity index (χ0n) is 17.4. The highest BCUT2D eigenvalue weighted by Crippen LogP contribution is 2.28. The van der Waals surface area contributed by atoms with Crippen LogP contribution in [-0.4, -0.2) is 37.3 Å². The summed E-state index contributed by atoms with van der Waals surface area (Å²) in [6.07, 6.45) is 1.70. The van der Waals surface area contributed by atoms with Gasteiger partial charge in [0, 0.05) is 23.6 Å². The number of carbonyl (C=O) groups excluding carboxylic acids is 1. The quantitative estimate of drug-likeness (QED) is 0.508. The predicted molar refractivity (Wildman–Crippen MR) is 126 cm³/mol. The van der Waals surface area contributed by atoms with Gasteiger partial charge in [-0.05, 0) is 49.6 Å². The van der Waals surface area contributed by atoms with Crippen LogP contribution >= 0.6 is 22.9 Å². The average Bonchev–Trinajstić information content (AvgIpc) is 3.15. The predicted octanol–water partition coefficient (Wildman–Crippen LogP) is 4.66. The minimum absolute atomic E-state index is 0.159. The van der Waals surface area contributed by atoms with E-state index >= 15 is 0 Å². The van der Waals surface area contributed by atoms with Gasteiger partial charge >= 0.3 is 0 Å². The molecule has 0 saturated carbocycles. The van der Waals surface area contributed by atoms with E-state index in [0.717, 1.165) is 16.7 Å². The van der Waals surface area contributed by atoms with Crippen LogP contribution in [0.4, 0.5) is 10.8 Å². The molecule has 0 aliphatic rings. The Labute approximate surface area is 191 Å². The first-order chi connectivity index (χ1) is 14.6. The lowest BCUT2D eigenvalue weighted by molar-refractivity contribution is -0.116. The summed E-state index contributed by atoms with van der Waals surface area (Å²) >= 11 is 7.16. The zero-order valence-corrected chi connectivity index (χ0v) is 19.8. The van der Waals surface area contributed by atoms with Gasteiger partial charge in [0.2, 0.25) is 21.1 Å². The Morgan fingerprint density at radius 2 is 1.84 bits per heavy atom. The molecule has 3 aromatic rings. The first kappa shape index (κ1) is 23.2. The minimum atomic E-state index is -3.47. The molecule has 0 saturated heterocycles. The molecule has 164 valence electrons. The van der Waals surface area contributed by atoms with Gasteiger partial charge in [-0.15, -0.1) is 10.2 Å². The Bertz CT molecular complexity index is 1180. The summed E-state index contributed by atoms with van der Waals surface area (Å²) in [7, 11) is -3.47. The maximum atomic E-state index is 12.3. The maximum absolute atomic E-state index is 12.3. The van der Waals surface area contributed by atoms with Crippen molar-refractivity contribution in [2.45, 2.75) is 26.7 Å². The molecular weight excluding hydrogens is 456 g/mol. The molecule has 3 rings (SSSR count). The third kappa shape index (κ3) is 6.25. The van der Waals surface area contributed by atoms with E-state index in [9.17, 15) is 13.2 Å². The maximum Gasteiger partial charge on any atom is 0.232 e. The van der Waals surface area contributed by atoms with Crippen molar-refractivity contribution in [3.63, 3.8) is 0 Å². The van der Waals surface area contributed by atoms with Gasteiger partial charge in [0.05, 0.1) is 11.9 Å². The van der Waals surface area contributed by atoms with Crippen LogP contribution in [0.15, 0.2) is 42.5 Å². The van der Waals surface area contributed by atoms with E-state index < -0.39 is 10.0 Å². The van der Waals surface area contributed by atoms with Crippen LogP contribution in [0.1, 0.15) is 24.0 Å². The number of carbonyl (C=O) groups is 1. The number of benzene rings is 2. The van der Waals surface area contributed by atoms with E-state index in [0.29, 0.717) is 27.3 Å². The molecule has 0 radical (unpaired) electrons. The van der Waals surface area contributed by atoms with Crippen molar-refractivity contribution in [3.8, 4) is 10.6 Å². The van der Waals surface area contributed by atoms with Gasteiger partial charge in [0.15, 0.2) is 0 Å². The highest BCUT2D eigenvalue weighted by Gasteiger charge is 2.20. The Hall–Kier alpha value is -2.49. The van der Waals surface area contributed by atoms with Crippen molar-refractivity contribution in [1.82, 2.24) is 10.2 Å². The van der Waals surface area contributed by atoms with E-state index in [1.54, 1.807) is 12.1 Å². The fourth-order valence-electron chi connectivity index (χ4n) is 3.00. The summed E-state index contributed by atoms with van der Waals surface area (Å²) in [5.41, 5.74) is 3.34. The van der Waals surface area contributed by atoms with E-state index in [-0.39, 0.29) is 18.9 Å². The van der Waals surface area contributed by atoms with Gasteiger partial charge in [-0.1, -0.05) is 47.2 Å². The van der Waals surface area contributed by atoms with Gasteiger partial charge in [0.25, 0.3) is 0 Å². The molecule has 0 bridgehead atoms. The molecule has 7 nitrogen and oxygen atoms in total. The van der Waals surface area contributed by atoms with Gasteiger partial charge < -0.3 is 5.32 Å². The summed E-state index contributed by atoms with van der Waals surface area (Å²) in [6.45, 7) is 3.99. The first-order valence-corrected chi connectivity index (χ1v) is 12.6. The third-order valence-electron chi connectivity index (χ3n) is 4.56. The van der Waals surface area contributed by atoms with Crippen molar-refractivity contribution in [3.05, 3.63) is 58.6 Å². The van der Waals surface area contributed by atoms with Crippen LogP contribution < -0.4 is 9.62 Å². The van der Waals surface area contributed by atoms with E-state index in [1.807, 2.05) is 44.2 Å². The highest BCUT2D eigenvalue weighted by atomic mass is 35.5. The van der Waals surface area contributed by atoms with Crippen molar-refractivity contribution >= 4 is 49.7 Å². The lowest BCUT2D eigenvalue weighted by Crippen LogP contribution is -2.32. The number of aryl methyl sites for hydroxylation is 2. The van der Waals surface area contributed by atoms with Gasteiger partial charge in [-0.3, -0.25) is 9.10 Å². The lowest BCUT2D eigenvalue weighted by Gasteiger charge is -2.24. The molecule has 2 aromatic carbocycles. The number of sulfonamides is 1. The molecule has 1 heterocycles. The van der Waals surface area contributed by atoms with Crippen molar-refractivity contribution in [2.75, 3.05) is 22.4 Å². The van der Waals surface area contributed by atoms with Crippen molar-refractivity contribution < 1.29 is 13.2 Å². The first-order valence-electron chi connectivity index (χ1n) is 9.58. The van der Waals surface area contributed by atoms with Crippen LogP contribution in [-0.2, 0) is 14.8 Å². The van der Waals surface area contributed by atoms with Crippen LogP contribution in [0.25, 0.3) is 10.6 Å². The fraction of sp³-hybridized carbons (Fsp3) is 0.286. The molecule has 0 spiro atoms. The largest absolute Gasteiger partial charge is 0.301 e.